The van der Waals surface area contributed by atoms with Gasteiger partial charge in [-0.25, -0.2) is 0 Å². The lowest BCUT2D eigenvalue weighted by atomic mass is 10.1. The van der Waals surface area contributed by atoms with Crippen molar-refractivity contribution >= 4 is 11.9 Å². The summed E-state index contributed by atoms with van der Waals surface area (Å²) in [6.07, 6.45) is 3.27. The van der Waals surface area contributed by atoms with E-state index in [-0.39, 0.29) is 12.1 Å². The van der Waals surface area contributed by atoms with E-state index in [0.29, 0.717) is 13.0 Å². The number of rotatable bonds is 10. The van der Waals surface area contributed by atoms with Gasteiger partial charge in [0.1, 0.15) is 5.75 Å². The number of guanidine groups is 1. The van der Waals surface area contributed by atoms with Crippen molar-refractivity contribution in [3.05, 3.63) is 29.3 Å². The molecule has 1 unspecified atom stereocenters. The minimum absolute atomic E-state index is 0.166. The summed E-state index contributed by atoms with van der Waals surface area (Å²) >= 11 is 0. The molecule has 0 amide bonds. The van der Waals surface area contributed by atoms with Gasteiger partial charge in [-0.05, 0) is 44.7 Å². The molecular formula is C20H33N3O3. The molecule has 0 saturated carbocycles. The molecule has 1 aromatic rings. The van der Waals surface area contributed by atoms with Crippen LogP contribution in [0, 0.1) is 6.92 Å². The predicted molar refractivity (Wildman–Crippen MR) is 106 cm³/mol. The van der Waals surface area contributed by atoms with Crippen LogP contribution < -0.4 is 15.4 Å². The quantitative estimate of drug-likeness (QED) is 0.289. The third-order valence-corrected chi connectivity index (χ3v) is 4.12. The minimum atomic E-state index is -0.166. The number of carbonyl (C=O) groups is 1. The smallest absolute Gasteiger partial charge is 0.305 e. The van der Waals surface area contributed by atoms with Gasteiger partial charge < -0.3 is 20.1 Å². The molecule has 1 atom stereocenters. The summed E-state index contributed by atoms with van der Waals surface area (Å²) in [7, 11) is 3.16. The van der Waals surface area contributed by atoms with Gasteiger partial charge in [0.2, 0.25) is 0 Å². The van der Waals surface area contributed by atoms with Gasteiger partial charge in [-0.1, -0.05) is 19.1 Å². The summed E-state index contributed by atoms with van der Waals surface area (Å²) in [5.41, 5.74) is 2.28. The first-order chi connectivity index (χ1) is 12.5. The number of hydrogen-bond acceptors (Lipinski definition) is 4. The van der Waals surface area contributed by atoms with E-state index in [4.69, 9.17) is 4.74 Å². The summed E-state index contributed by atoms with van der Waals surface area (Å²) in [5.74, 6) is 1.49. The maximum absolute atomic E-state index is 11.1. The third kappa shape index (κ3) is 8.23. The molecule has 2 N–H and O–H groups in total. The fourth-order valence-corrected chi connectivity index (χ4v) is 2.32. The zero-order chi connectivity index (χ0) is 19.4. The number of carbonyl (C=O) groups excluding carboxylic acids is 1. The molecule has 0 radical (unpaired) electrons. The van der Waals surface area contributed by atoms with Crippen molar-refractivity contribution in [1.82, 2.24) is 10.6 Å². The Kier molecular flexibility index (Phi) is 10.2. The van der Waals surface area contributed by atoms with Crippen molar-refractivity contribution in [1.29, 1.82) is 0 Å². The highest BCUT2D eigenvalue weighted by molar-refractivity contribution is 5.79. The van der Waals surface area contributed by atoms with E-state index in [0.717, 1.165) is 43.1 Å². The van der Waals surface area contributed by atoms with Crippen LogP contribution in [0.5, 0.6) is 5.75 Å². The number of aryl methyl sites for hydroxylation is 1. The molecule has 6 heteroatoms. The number of hydrogen-bond donors (Lipinski definition) is 2. The van der Waals surface area contributed by atoms with E-state index >= 15 is 0 Å². The summed E-state index contributed by atoms with van der Waals surface area (Å²) in [6.45, 7) is 7.64. The molecular weight excluding hydrogens is 330 g/mol. The number of ether oxygens (including phenoxy) is 2. The van der Waals surface area contributed by atoms with E-state index < -0.39 is 0 Å². The molecule has 0 aliphatic carbocycles. The minimum Gasteiger partial charge on any atom is -0.490 e. The lowest BCUT2D eigenvalue weighted by Crippen LogP contribution is -2.37. The molecule has 146 valence electrons. The van der Waals surface area contributed by atoms with Crippen molar-refractivity contribution in [2.45, 2.75) is 59.1 Å². The van der Waals surface area contributed by atoms with Crippen LogP contribution in [0.1, 0.15) is 50.7 Å². The maximum atomic E-state index is 11.1. The molecule has 0 fully saturated rings. The number of unbranched alkanes of at least 4 members (excludes halogenated alkanes) is 1. The van der Waals surface area contributed by atoms with Gasteiger partial charge in [0.05, 0.1) is 13.2 Å². The lowest BCUT2D eigenvalue weighted by molar-refractivity contribution is -0.140. The number of nitrogens with one attached hydrogen (secondary N) is 2. The number of benzene rings is 1. The van der Waals surface area contributed by atoms with Crippen LogP contribution in [0.4, 0.5) is 0 Å². The molecule has 0 aliphatic rings. The largest absolute Gasteiger partial charge is 0.490 e. The standard InChI is InChI=1S/C20H33N3O3/c1-6-16(3)26-18-13-15(2)10-11-17(18)14-23-20(21-4)22-12-8-7-9-19(24)25-5/h10-11,13,16H,6-9,12,14H2,1-5H3,(H2,21,22,23). The Labute approximate surface area is 157 Å². The number of nitrogens with zero attached hydrogens (tertiary/aromatic N) is 1. The number of methoxy groups -OCH3 is 1. The van der Waals surface area contributed by atoms with E-state index in [1.807, 2.05) is 0 Å². The third-order valence-electron chi connectivity index (χ3n) is 4.12. The molecule has 0 aliphatic heterocycles. The molecule has 0 bridgehead atoms. The monoisotopic (exact) mass is 363 g/mol. The van der Waals surface area contributed by atoms with Gasteiger partial charge in [0.25, 0.3) is 0 Å². The Morgan fingerprint density at radius 1 is 1.27 bits per heavy atom. The molecule has 1 aromatic carbocycles. The summed E-state index contributed by atoms with van der Waals surface area (Å²) in [4.78, 5) is 15.3. The van der Waals surface area contributed by atoms with Crippen molar-refractivity contribution in [3.8, 4) is 5.75 Å². The Morgan fingerprint density at radius 3 is 2.69 bits per heavy atom. The molecule has 6 nitrogen and oxygen atoms in total. The van der Waals surface area contributed by atoms with Gasteiger partial charge >= 0.3 is 5.97 Å². The zero-order valence-corrected chi connectivity index (χ0v) is 16.7. The van der Waals surface area contributed by atoms with E-state index in [1.54, 1.807) is 7.05 Å². The Balaban J connectivity index is 2.49. The second-order valence-corrected chi connectivity index (χ2v) is 6.33. The molecule has 0 aromatic heterocycles. The first kappa shape index (κ1) is 21.8. The first-order valence-electron chi connectivity index (χ1n) is 9.27. The van der Waals surface area contributed by atoms with Crippen LogP contribution in [0.2, 0.25) is 0 Å². The highest BCUT2D eigenvalue weighted by Gasteiger charge is 2.09. The average molecular weight is 364 g/mol. The van der Waals surface area contributed by atoms with Crippen LogP contribution in [0.3, 0.4) is 0 Å². The highest BCUT2D eigenvalue weighted by Crippen LogP contribution is 2.22. The zero-order valence-electron chi connectivity index (χ0n) is 16.7. The molecule has 0 heterocycles. The number of esters is 1. The molecule has 1 rings (SSSR count). The van der Waals surface area contributed by atoms with E-state index in [2.05, 4.69) is 59.3 Å². The second-order valence-electron chi connectivity index (χ2n) is 6.33. The normalized spacial score (nSPS) is 12.4. The average Bonchev–Trinajstić information content (AvgIpc) is 2.64. The number of aliphatic imine (C=N–C) groups is 1. The van der Waals surface area contributed by atoms with E-state index in [9.17, 15) is 4.79 Å². The van der Waals surface area contributed by atoms with Gasteiger partial charge in [0.15, 0.2) is 5.96 Å². The first-order valence-corrected chi connectivity index (χ1v) is 9.27. The Hall–Kier alpha value is -2.24. The van der Waals surface area contributed by atoms with Crippen LogP contribution >= 0.6 is 0 Å². The van der Waals surface area contributed by atoms with Crippen molar-refractivity contribution < 1.29 is 14.3 Å². The predicted octanol–water partition coefficient (Wildman–Crippen LogP) is 3.18. The van der Waals surface area contributed by atoms with Gasteiger partial charge in [0, 0.05) is 32.1 Å². The van der Waals surface area contributed by atoms with Crippen LogP contribution in [0.15, 0.2) is 23.2 Å². The molecule has 0 saturated heterocycles. The Morgan fingerprint density at radius 2 is 2.04 bits per heavy atom. The molecule has 0 spiro atoms. The topological polar surface area (TPSA) is 72.0 Å². The molecule has 26 heavy (non-hydrogen) atoms. The fraction of sp³-hybridized carbons (Fsp3) is 0.600. The summed E-state index contributed by atoms with van der Waals surface area (Å²) in [5, 5.41) is 6.58. The lowest BCUT2D eigenvalue weighted by Gasteiger charge is -2.18. The van der Waals surface area contributed by atoms with Gasteiger partial charge in [-0.15, -0.1) is 0 Å². The fourth-order valence-electron chi connectivity index (χ4n) is 2.32. The van der Waals surface area contributed by atoms with Crippen molar-refractivity contribution in [2.75, 3.05) is 20.7 Å². The van der Waals surface area contributed by atoms with Gasteiger partial charge in [-0.3, -0.25) is 9.79 Å². The van der Waals surface area contributed by atoms with E-state index in [1.165, 1.54) is 12.7 Å². The van der Waals surface area contributed by atoms with Crippen LogP contribution in [-0.2, 0) is 16.1 Å². The maximum Gasteiger partial charge on any atom is 0.305 e. The summed E-state index contributed by atoms with van der Waals surface area (Å²) in [6, 6.07) is 6.25. The summed E-state index contributed by atoms with van der Waals surface area (Å²) < 4.78 is 10.7. The second kappa shape index (κ2) is 12.2. The van der Waals surface area contributed by atoms with Crippen LogP contribution in [-0.4, -0.2) is 38.7 Å². The van der Waals surface area contributed by atoms with Crippen LogP contribution in [0.25, 0.3) is 0 Å². The highest BCUT2D eigenvalue weighted by atomic mass is 16.5. The van der Waals surface area contributed by atoms with Crippen molar-refractivity contribution in [3.63, 3.8) is 0 Å². The van der Waals surface area contributed by atoms with Gasteiger partial charge in [-0.2, -0.15) is 0 Å². The van der Waals surface area contributed by atoms with Crippen molar-refractivity contribution in [2.24, 2.45) is 4.99 Å². The SMILES string of the molecule is CCC(C)Oc1cc(C)ccc1CNC(=NC)NCCCCC(=O)OC. The Bertz CT molecular complexity index is 588.